The number of anilines is 1. The molecule has 1 aromatic rings. The van der Waals surface area contributed by atoms with Gasteiger partial charge in [0.25, 0.3) is 0 Å². The first-order chi connectivity index (χ1) is 9.25. The monoisotopic (exact) mass is 279 g/mol. The largest absolute Gasteiger partial charge is 0.462 e. The second-order valence-corrected chi connectivity index (χ2v) is 6.06. The standard InChI is InChI=1S/C15H25N3O2/c1-7-20-13(19)12-9-17-14(18-11(12)3)16-8-10(2)15(4,5)6/h9-10H,7-8H2,1-6H3,(H,16,17,18). The first kappa shape index (κ1) is 16.4. The average Bonchev–Trinajstić information content (AvgIpc) is 2.35. The highest BCUT2D eigenvalue weighted by Crippen LogP contribution is 2.25. The molecule has 112 valence electrons. The van der Waals surface area contributed by atoms with Crippen LogP contribution < -0.4 is 5.32 Å². The van der Waals surface area contributed by atoms with Crippen LogP contribution in [0.3, 0.4) is 0 Å². The number of carbonyl (C=O) groups is 1. The average molecular weight is 279 g/mol. The number of hydrogen-bond acceptors (Lipinski definition) is 5. The quantitative estimate of drug-likeness (QED) is 0.839. The highest BCUT2D eigenvalue weighted by Gasteiger charge is 2.20. The third kappa shape index (κ3) is 4.47. The van der Waals surface area contributed by atoms with Gasteiger partial charge in [-0.15, -0.1) is 0 Å². The van der Waals surface area contributed by atoms with Gasteiger partial charge < -0.3 is 10.1 Å². The summed E-state index contributed by atoms with van der Waals surface area (Å²) in [6, 6.07) is 0. The van der Waals surface area contributed by atoms with E-state index in [1.165, 1.54) is 6.20 Å². The van der Waals surface area contributed by atoms with Gasteiger partial charge in [0.05, 0.1) is 17.9 Å². The normalized spacial score (nSPS) is 12.9. The lowest BCUT2D eigenvalue weighted by atomic mass is 9.82. The molecule has 0 aliphatic heterocycles. The third-order valence-corrected chi connectivity index (χ3v) is 3.52. The lowest BCUT2D eigenvalue weighted by molar-refractivity contribution is 0.0524. The molecule has 1 unspecified atom stereocenters. The van der Waals surface area contributed by atoms with Gasteiger partial charge in [0, 0.05) is 12.7 Å². The molecule has 0 aromatic carbocycles. The lowest BCUT2D eigenvalue weighted by Crippen LogP contribution is -2.25. The number of carbonyl (C=O) groups excluding carboxylic acids is 1. The minimum Gasteiger partial charge on any atom is -0.462 e. The highest BCUT2D eigenvalue weighted by atomic mass is 16.5. The highest BCUT2D eigenvalue weighted by molar-refractivity contribution is 5.90. The lowest BCUT2D eigenvalue weighted by Gasteiger charge is -2.27. The van der Waals surface area contributed by atoms with Gasteiger partial charge >= 0.3 is 5.97 Å². The molecule has 0 spiro atoms. The van der Waals surface area contributed by atoms with Crippen molar-refractivity contribution in [1.29, 1.82) is 0 Å². The molecule has 0 aliphatic rings. The van der Waals surface area contributed by atoms with Crippen LogP contribution >= 0.6 is 0 Å². The van der Waals surface area contributed by atoms with Crippen molar-refractivity contribution in [1.82, 2.24) is 9.97 Å². The smallest absolute Gasteiger partial charge is 0.341 e. The Kier molecular flexibility index (Phi) is 5.48. The zero-order valence-electron chi connectivity index (χ0n) is 13.3. The van der Waals surface area contributed by atoms with Gasteiger partial charge in [0.1, 0.15) is 0 Å². The van der Waals surface area contributed by atoms with E-state index >= 15 is 0 Å². The van der Waals surface area contributed by atoms with Crippen LogP contribution in [0.15, 0.2) is 6.20 Å². The number of aromatic nitrogens is 2. The van der Waals surface area contributed by atoms with Crippen molar-refractivity contribution in [3.63, 3.8) is 0 Å². The van der Waals surface area contributed by atoms with Gasteiger partial charge in [-0.25, -0.2) is 14.8 Å². The van der Waals surface area contributed by atoms with E-state index in [2.05, 4.69) is 43.0 Å². The van der Waals surface area contributed by atoms with Crippen molar-refractivity contribution in [3.8, 4) is 0 Å². The first-order valence-corrected chi connectivity index (χ1v) is 7.00. The van der Waals surface area contributed by atoms with Gasteiger partial charge in [0.2, 0.25) is 5.95 Å². The molecule has 1 heterocycles. The molecule has 5 nitrogen and oxygen atoms in total. The number of aryl methyl sites for hydroxylation is 1. The molecular weight excluding hydrogens is 254 g/mol. The van der Waals surface area contributed by atoms with Crippen LogP contribution in [-0.2, 0) is 4.74 Å². The second-order valence-electron chi connectivity index (χ2n) is 6.06. The van der Waals surface area contributed by atoms with Gasteiger partial charge in [-0.1, -0.05) is 27.7 Å². The van der Waals surface area contributed by atoms with Crippen molar-refractivity contribution >= 4 is 11.9 Å². The number of esters is 1. The summed E-state index contributed by atoms with van der Waals surface area (Å²) in [5.74, 6) is 0.655. The Morgan fingerprint density at radius 3 is 2.60 bits per heavy atom. The summed E-state index contributed by atoms with van der Waals surface area (Å²) in [4.78, 5) is 20.1. The molecule has 0 radical (unpaired) electrons. The maximum absolute atomic E-state index is 11.7. The van der Waals surface area contributed by atoms with Gasteiger partial charge in [-0.3, -0.25) is 0 Å². The minimum atomic E-state index is -0.375. The Morgan fingerprint density at radius 1 is 1.45 bits per heavy atom. The Labute approximate surface area is 121 Å². The Balaban J connectivity index is 2.71. The molecule has 1 aromatic heterocycles. The zero-order valence-corrected chi connectivity index (χ0v) is 13.3. The number of rotatable bonds is 5. The van der Waals surface area contributed by atoms with Crippen LogP contribution in [0.25, 0.3) is 0 Å². The third-order valence-electron chi connectivity index (χ3n) is 3.52. The molecule has 0 saturated heterocycles. The topological polar surface area (TPSA) is 64.1 Å². The Hall–Kier alpha value is -1.65. The molecule has 20 heavy (non-hydrogen) atoms. The molecule has 1 rings (SSSR count). The summed E-state index contributed by atoms with van der Waals surface area (Å²) in [5.41, 5.74) is 1.28. The molecule has 0 aliphatic carbocycles. The van der Waals surface area contributed by atoms with Crippen molar-refractivity contribution in [2.45, 2.75) is 41.5 Å². The van der Waals surface area contributed by atoms with Gasteiger partial charge in [-0.05, 0) is 25.2 Å². The maximum Gasteiger partial charge on any atom is 0.341 e. The fraction of sp³-hybridized carbons (Fsp3) is 0.667. The van der Waals surface area contributed by atoms with Crippen LogP contribution in [0.5, 0.6) is 0 Å². The van der Waals surface area contributed by atoms with Crippen LogP contribution in [0.2, 0.25) is 0 Å². The van der Waals surface area contributed by atoms with Gasteiger partial charge in [-0.2, -0.15) is 0 Å². The molecule has 5 heteroatoms. The number of nitrogens with zero attached hydrogens (tertiary/aromatic N) is 2. The molecular formula is C15H25N3O2. The van der Waals surface area contributed by atoms with E-state index in [-0.39, 0.29) is 11.4 Å². The van der Waals surface area contributed by atoms with Crippen LogP contribution in [0.4, 0.5) is 5.95 Å². The molecule has 1 atom stereocenters. The first-order valence-electron chi connectivity index (χ1n) is 7.00. The molecule has 0 saturated carbocycles. The van der Waals surface area contributed by atoms with Crippen molar-refractivity contribution in [2.75, 3.05) is 18.5 Å². The number of ether oxygens (including phenoxy) is 1. The molecule has 0 amide bonds. The Morgan fingerprint density at radius 2 is 2.10 bits per heavy atom. The summed E-state index contributed by atoms with van der Waals surface area (Å²) < 4.78 is 4.95. The molecule has 0 bridgehead atoms. The van der Waals surface area contributed by atoms with Crippen molar-refractivity contribution < 1.29 is 9.53 Å². The fourth-order valence-electron chi connectivity index (χ4n) is 1.51. The van der Waals surface area contributed by atoms with E-state index in [0.29, 0.717) is 29.7 Å². The van der Waals surface area contributed by atoms with Crippen molar-refractivity contribution in [2.24, 2.45) is 11.3 Å². The fourth-order valence-corrected chi connectivity index (χ4v) is 1.51. The van der Waals surface area contributed by atoms with E-state index < -0.39 is 0 Å². The molecule has 0 fully saturated rings. The Bertz CT molecular complexity index is 467. The summed E-state index contributed by atoms with van der Waals surface area (Å²) in [7, 11) is 0. The van der Waals surface area contributed by atoms with E-state index in [0.717, 1.165) is 6.54 Å². The summed E-state index contributed by atoms with van der Waals surface area (Å²) >= 11 is 0. The van der Waals surface area contributed by atoms with E-state index in [1.807, 2.05) is 0 Å². The zero-order chi connectivity index (χ0) is 15.3. The van der Waals surface area contributed by atoms with E-state index in [9.17, 15) is 4.79 Å². The summed E-state index contributed by atoms with van der Waals surface area (Å²) in [6.07, 6.45) is 1.52. The minimum absolute atomic E-state index is 0.229. The predicted octanol–water partition coefficient (Wildman–Crippen LogP) is 3.06. The van der Waals surface area contributed by atoms with E-state index in [4.69, 9.17) is 4.74 Å². The number of nitrogens with one attached hydrogen (secondary N) is 1. The number of hydrogen-bond donors (Lipinski definition) is 1. The van der Waals surface area contributed by atoms with Crippen LogP contribution in [0, 0.1) is 18.3 Å². The van der Waals surface area contributed by atoms with E-state index in [1.54, 1.807) is 13.8 Å². The maximum atomic E-state index is 11.7. The predicted molar refractivity (Wildman–Crippen MR) is 79.8 cm³/mol. The summed E-state index contributed by atoms with van der Waals surface area (Å²) in [6.45, 7) is 13.5. The van der Waals surface area contributed by atoms with Crippen molar-refractivity contribution in [3.05, 3.63) is 17.5 Å². The van der Waals surface area contributed by atoms with Crippen LogP contribution in [-0.4, -0.2) is 29.1 Å². The van der Waals surface area contributed by atoms with Crippen LogP contribution in [0.1, 0.15) is 50.7 Å². The summed E-state index contributed by atoms with van der Waals surface area (Å²) in [5, 5.41) is 3.22. The SMILES string of the molecule is CCOC(=O)c1cnc(NCC(C)C(C)(C)C)nc1C. The second kappa shape index (κ2) is 6.68. The van der Waals surface area contributed by atoms with Gasteiger partial charge in [0.15, 0.2) is 0 Å². The molecule has 1 N–H and O–H groups in total.